The first-order valence-corrected chi connectivity index (χ1v) is 17.8. The fourth-order valence-corrected chi connectivity index (χ4v) is 8.25. The molecule has 3 heterocycles. The van der Waals surface area contributed by atoms with E-state index in [9.17, 15) is 0 Å². The monoisotopic (exact) mass is 665 g/mol. The Labute approximate surface area is 302 Å². The fraction of sp³-hybridized carbons (Fsp3) is 0.0204. The molecule has 0 saturated carbocycles. The molecule has 0 unspecified atom stereocenters. The minimum Gasteiger partial charge on any atom is -0.310 e. The molecule has 10 aromatic rings. The van der Waals surface area contributed by atoms with Gasteiger partial charge in [0.15, 0.2) is 0 Å². The standard InChI is InChI=1S/C49H35N3/c1-3-4-21-44-33(2)41-32-38(26-29-47(41)50(44)36-15-7-5-8-16-36)52-46-23-14-12-20-40(46)43-31-35(25-28-49(43)52)34-24-27-48-42(30-34)39-19-11-13-22-45(39)51(48)37-17-9-6-10-18-37/h3-32H,1H2,2H3/b21-4-. The lowest BCUT2D eigenvalue weighted by molar-refractivity contribution is 1.10. The minimum absolute atomic E-state index is 1.14. The van der Waals surface area contributed by atoms with Gasteiger partial charge < -0.3 is 13.7 Å². The lowest BCUT2D eigenvalue weighted by Crippen LogP contribution is -1.97. The van der Waals surface area contributed by atoms with Crippen LogP contribution in [-0.2, 0) is 0 Å². The van der Waals surface area contributed by atoms with Crippen LogP contribution in [0.2, 0.25) is 0 Å². The fourth-order valence-electron chi connectivity index (χ4n) is 8.25. The number of allylic oxidation sites excluding steroid dienone is 2. The van der Waals surface area contributed by atoms with Gasteiger partial charge in [-0.1, -0.05) is 104 Å². The Kier molecular flexibility index (Phi) is 6.87. The highest BCUT2D eigenvalue weighted by Crippen LogP contribution is 2.39. The number of aromatic nitrogens is 3. The Morgan fingerprint density at radius 1 is 0.404 bits per heavy atom. The van der Waals surface area contributed by atoms with Crippen molar-refractivity contribution in [2.75, 3.05) is 0 Å². The Hall–Kier alpha value is -6.84. The second-order valence-electron chi connectivity index (χ2n) is 13.5. The molecule has 0 aliphatic heterocycles. The molecule has 0 amide bonds. The summed E-state index contributed by atoms with van der Waals surface area (Å²) in [4.78, 5) is 0. The van der Waals surface area contributed by atoms with E-state index in [1.165, 1.54) is 76.9 Å². The van der Waals surface area contributed by atoms with Gasteiger partial charge in [0.25, 0.3) is 0 Å². The first-order chi connectivity index (χ1) is 25.7. The molecule has 246 valence electrons. The molecule has 0 aliphatic carbocycles. The average Bonchev–Trinajstić information content (AvgIpc) is 3.82. The molecule has 0 aliphatic rings. The molecule has 0 N–H and O–H groups in total. The third kappa shape index (κ3) is 4.53. The molecule has 0 bridgehead atoms. The Bertz CT molecular complexity index is 3020. The lowest BCUT2D eigenvalue weighted by Gasteiger charge is -2.11. The highest BCUT2D eigenvalue weighted by Gasteiger charge is 2.19. The van der Waals surface area contributed by atoms with E-state index in [1.54, 1.807) is 0 Å². The highest BCUT2D eigenvalue weighted by molar-refractivity contribution is 6.13. The van der Waals surface area contributed by atoms with Gasteiger partial charge in [-0.2, -0.15) is 0 Å². The second-order valence-corrected chi connectivity index (χ2v) is 13.5. The van der Waals surface area contributed by atoms with Crippen LogP contribution in [0.4, 0.5) is 0 Å². The van der Waals surface area contributed by atoms with Gasteiger partial charge in [0, 0.05) is 49.7 Å². The Morgan fingerprint density at radius 2 is 0.865 bits per heavy atom. The van der Waals surface area contributed by atoms with E-state index in [1.807, 2.05) is 12.2 Å². The topological polar surface area (TPSA) is 14.8 Å². The molecular weight excluding hydrogens is 631 g/mol. The molecule has 3 nitrogen and oxygen atoms in total. The number of aryl methyl sites for hydroxylation is 1. The average molecular weight is 666 g/mol. The van der Waals surface area contributed by atoms with Gasteiger partial charge in [0.2, 0.25) is 0 Å². The van der Waals surface area contributed by atoms with Crippen LogP contribution >= 0.6 is 0 Å². The predicted molar refractivity (Wildman–Crippen MR) is 221 cm³/mol. The number of nitrogens with zero attached hydrogens (tertiary/aromatic N) is 3. The summed E-state index contributed by atoms with van der Waals surface area (Å²) in [5.74, 6) is 0. The van der Waals surface area contributed by atoms with Gasteiger partial charge >= 0.3 is 0 Å². The van der Waals surface area contributed by atoms with Gasteiger partial charge in [0.05, 0.1) is 27.6 Å². The third-order valence-electron chi connectivity index (χ3n) is 10.6. The zero-order valence-corrected chi connectivity index (χ0v) is 28.9. The summed E-state index contributed by atoms with van der Waals surface area (Å²) >= 11 is 0. The van der Waals surface area contributed by atoms with Gasteiger partial charge in [-0.15, -0.1) is 0 Å². The molecule has 0 fully saturated rings. The lowest BCUT2D eigenvalue weighted by atomic mass is 10.0. The summed E-state index contributed by atoms with van der Waals surface area (Å²) in [6.07, 6.45) is 6.02. The number of para-hydroxylation sites is 4. The second kappa shape index (κ2) is 11.9. The third-order valence-corrected chi connectivity index (χ3v) is 10.6. The maximum absolute atomic E-state index is 3.93. The van der Waals surface area contributed by atoms with E-state index in [-0.39, 0.29) is 0 Å². The van der Waals surface area contributed by atoms with Gasteiger partial charge in [-0.3, -0.25) is 0 Å². The number of fused-ring (bicyclic) bond motifs is 7. The van der Waals surface area contributed by atoms with E-state index in [4.69, 9.17) is 0 Å². The quantitative estimate of drug-likeness (QED) is 0.157. The molecule has 3 heteroatoms. The Balaban J connectivity index is 1.15. The molecule has 52 heavy (non-hydrogen) atoms. The molecule has 3 aromatic heterocycles. The predicted octanol–water partition coefficient (Wildman–Crippen LogP) is 13.0. The van der Waals surface area contributed by atoms with Crippen molar-refractivity contribution in [3.63, 3.8) is 0 Å². The van der Waals surface area contributed by atoms with Crippen LogP contribution < -0.4 is 0 Å². The summed E-state index contributed by atoms with van der Waals surface area (Å²) in [7, 11) is 0. The van der Waals surface area contributed by atoms with Crippen molar-refractivity contribution in [3.05, 3.63) is 194 Å². The van der Waals surface area contributed by atoms with Crippen molar-refractivity contribution < 1.29 is 0 Å². The molecule has 0 spiro atoms. The molecule has 10 rings (SSSR count). The summed E-state index contributed by atoms with van der Waals surface area (Å²) in [5, 5.41) is 6.24. The zero-order chi connectivity index (χ0) is 34.8. The van der Waals surface area contributed by atoms with E-state index in [2.05, 4.69) is 197 Å². The molecular formula is C49H35N3. The first kappa shape index (κ1) is 30.0. The summed E-state index contributed by atoms with van der Waals surface area (Å²) in [6, 6.07) is 59.5. The SMILES string of the molecule is C=C/C=C\c1c(C)c2cc(-n3c4ccccc4c4cc(-c5ccc6c(c5)c5ccccc5n6-c5ccccc5)ccc43)ccc2n1-c1ccccc1. The summed E-state index contributed by atoms with van der Waals surface area (Å²) < 4.78 is 7.14. The van der Waals surface area contributed by atoms with Crippen LogP contribution in [0, 0.1) is 6.92 Å². The number of benzene rings is 7. The first-order valence-electron chi connectivity index (χ1n) is 17.8. The summed E-state index contributed by atoms with van der Waals surface area (Å²) in [5.41, 5.74) is 14.3. The van der Waals surface area contributed by atoms with Gasteiger partial charge in [-0.05, 0) is 109 Å². The van der Waals surface area contributed by atoms with Crippen LogP contribution in [0.1, 0.15) is 11.3 Å². The number of hydrogen-bond donors (Lipinski definition) is 0. The molecule has 0 saturated heterocycles. The normalized spacial score (nSPS) is 11.9. The summed E-state index contributed by atoms with van der Waals surface area (Å²) in [6.45, 7) is 6.15. The minimum atomic E-state index is 1.14. The van der Waals surface area contributed by atoms with Crippen molar-refractivity contribution in [1.82, 2.24) is 13.7 Å². The van der Waals surface area contributed by atoms with E-state index in [0.717, 1.165) is 17.1 Å². The zero-order valence-electron chi connectivity index (χ0n) is 28.9. The smallest absolute Gasteiger partial charge is 0.0541 e. The molecule has 0 radical (unpaired) electrons. The van der Waals surface area contributed by atoms with Gasteiger partial charge in [0.1, 0.15) is 0 Å². The maximum atomic E-state index is 3.93. The van der Waals surface area contributed by atoms with Crippen molar-refractivity contribution in [1.29, 1.82) is 0 Å². The van der Waals surface area contributed by atoms with Crippen molar-refractivity contribution in [2.45, 2.75) is 6.92 Å². The van der Waals surface area contributed by atoms with Crippen LogP contribution in [0.5, 0.6) is 0 Å². The molecule has 7 aromatic carbocycles. The number of hydrogen-bond acceptors (Lipinski definition) is 0. The molecule has 0 atom stereocenters. The van der Waals surface area contributed by atoms with Crippen molar-refractivity contribution in [3.8, 4) is 28.2 Å². The van der Waals surface area contributed by atoms with Crippen LogP contribution in [0.3, 0.4) is 0 Å². The van der Waals surface area contributed by atoms with Crippen molar-refractivity contribution in [2.24, 2.45) is 0 Å². The van der Waals surface area contributed by atoms with E-state index in [0.29, 0.717) is 0 Å². The van der Waals surface area contributed by atoms with E-state index < -0.39 is 0 Å². The maximum Gasteiger partial charge on any atom is 0.0541 e. The largest absolute Gasteiger partial charge is 0.310 e. The van der Waals surface area contributed by atoms with Gasteiger partial charge in [-0.25, -0.2) is 0 Å². The Morgan fingerprint density at radius 3 is 1.44 bits per heavy atom. The van der Waals surface area contributed by atoms with E-state index >= 15 is 0 Å². The van der Waals surface area contributed by atoms with Crippen molar-refractivity contribution >= 4 is 60.6 Å². The van der Waals surface area contributed by atoms with Crippen LogP contribution in [0.15, 0.2) is 183 Å². The number of rotatable bonds is 6. The highest BCUT2D eigenvalue weighted by atomic mass is 15.0. The van der Waals surface area contributed by atoms with Crippen LogP contribution in [0.25, 0.3) is 88.8 Å². The van der Waals surface area contributed by atoms with Crippen LogP contribution in [-0.4, -0.2) is 13.7 Å².